The van der Waals surface area contributed by atoms with Crippen molar-refractivity contribution in [2.45, 2.75) is 52.1 Å². The number of carbonyl (C=O) groups excluding carboxylic acids is 1. The minimum absolute atomic E-state index is 0.0616. The zero-order valence-corrected chi connectivity index (χ0v) is 23.2. The van der Waals surface area contributed by atoms with E-state index in [9.17, 15) is 23.1 Å². The number of aliphatic hydroxyl groups excluding tert-OH is 1. The fourth-order valence-electron chi connectivity index (χ4n) is 4.28. The average molecular weight is 571 g/mol. The van der Waals surface area contributed by atoms with Crippen molar-refractivity contribution >= 4 is 34.6 Å². The van der Waals surface area contributed by atoms with Crippen LogP contribution in [0.15, 0.2) is 53.9 Å². The highest BCUT2D eigenvalue weighted by Gasteiger charge is 2.32. The fourth-order valence-corrected chi connectivity index (χ4v) is 4.28. The van der Waals surface area contributed by atoms with Gasteiger partial charge in [0.15, 0.2) is 5.82 Å². The van der Waals surface area contributed by atoms with Gasteiger partial charge in [0.1, 0.15) is 18.3 Å². The van der Waals surface area contributed by atoms with E-state index in [1.54, 1.807) is 37.2 Å². The monoisotopic (exact) mass is 570 g/mol. The number of aromatic nitrogens is 2. The molecule has 4 rings (SSSR count). The number of aryl methyl sites for hydroxylation is 1. The number of benzene rings is 2. The number of alkyl halides is 3. The van der Waals surface area contributed by atoms with Gasteiger partial charge in [-0.2, -0.15) is 18.3 Å². The molecule has 41 heavy (non-hydrogen) atoms. The smallest absolute Gasteiger partial charge is 0.395 e. The van der Waals surface area contributed by atoms with Gasteiger partial charge in [0.05, 0.1) is 12.2 Å². The van der Waals surface area contributed by atoms with E-state index in [1.807, 2.05) is 19.9 Å². The molecule has 218 valence electrons. The third-order valence-electron chi connectivity index (χ3n) is 6.53. The molecular weight excluding hydrogens is 537 g/mol. The van der Waals surface area contributed by atoms with Crippen LogP contribution in [0.5, 0.6) is 0 Å². The van der Waals surface area contributed by atoms with Crippen molar-refractivity contribution < 1.29 is 23.1 Å². The Morgan fingerprint density at radius 1 is 1.15 bits per heavy atom. The van der Waals surface area contributed by atoms with E-state index in [2.05, 4.69) is 36.3 Å². The Morgan fingerprint density at radius 3 is 2.63 bits per heavy atom. The van der Waals surface area contributed by atoms with Crippen molar-refractivity contribution in [3.63, 3.8) is 0 Å². The summed E-state index contributed by atoms with van der Waals surface area (Å²) in [6.07, 6.45) is -2.82. The molecule has 13 heteroatoms. The first kappa shape index (κ1) is 29.7. The Bertz CT molecular complexity index is 1430. The Balaban J connectivity index is 1.54. The van der Waals surface area contributed by atoms with Crippen LogP contribution in [0.2, 0.25) is 0 Å². The third-order valence-corrected chi connectivity index (χ3v) is 6.53. The lowest BCUT2D eigenvalue weighted by Gasteiger charge is -2.25. The summed E-state index contributed by atoms with van der Waals surface area (Å²) in [7, 11) is 1.76. The van der Waals surface area contributed by atoms with Crippen LogP contribution in [-0.2, 0) is 12.7 Å². The van der Waals surface area contributed by atoms with Crippen LogP contribution in [0.25, 0.3) is 0 Å². The highest BCUT2D eigenvalue weighted by molar-refractivity contribution is 6.04. The molecule has 2 atom stereocenters. The maximum atomic E-state index is 13.6. The average Bonchev–Trinajstić information content (AvgIpc) is 3.32. The SMILES string of the molecule is CNc1cc(N2N=C(C)CC2Nc2cc(NC(=O)c3cc(CN[C@@H](C)CO)cc(C(F)(F)F)c3)ccc2C)ncn1. The molecule has 2 heterocycles. The first-order valence-corrected chi connectivity index (χ1v) is 13.0. The lowest BCUT2D eigenvalue weighted by Crippen LogP contribution is -2.34. The number of nitrogens with one attached hydrogen (secondary N) is 4. The molecule has 1 aromatic heterocycles. The number of rotatable bonds is 10. The number of carbonyl (C=O) groups is 1. The molecule has 1 unspecified atom stereocenters. The first-order chi connectivity index (χ1) is 19.5. The van der Waals surface area contributed by atoms with Crippen molar-refractivity contribution in [1.29, 1.82) is 0 Å². The molecule has 1 aliphatic heterocycles. The van der Waals surface area contributed by atoms with Crippen molar-refractivity contribution in [3.8, 4) is 0 Å². The summed E-state index contributed by atoms with van der Waals surface area (Å²) in [5.74, 6) is 0.569. The van der Waals surface area contributed by atoms with Crippen molar-refractivity contribution in [2.24, 2.45) is 5.10 Å². The summed E-state index contributed by atoms with van der Waals surface area (Å²) in [5, 5.41) is 27.7. The zero-order valence-electron chi connectivity index (χ0n) is 23.2. The molecule has 0 fully saturated rings. The van der Waals surface area contributed by atoms with Crippen LogP contribution in [0.4, 0.5) is 36.2 Å². The van der Waals surface area contributed by atoms with Gasteiger partial charge in [-0.3, -0.25) is 4.79 Å². The molecule has 1 amide bonds. The Morgan fingerprint density at radius 2 is 1.93 bits per heavy atom. The number of aliphatic hydroxyl groups is 1. The topological polar surface area (TPSA) is 127 Å². The number of anilines is 4. The van der Waals surface area contributed by atoms with E-state index in [0.29, 0.717) is 23.7 Å². The molecular formula is C28H33F3N8O2. The molecule has 1 aliphatic rings. The molecule has 3 aromatic rings. The minimum atomic E-state index is -4.63. The van der Waals surface area contributed by atoms with Gasteiger partial charge in [-0.05, 0) is 62.2 Å². The maximum absolute atomic E-state index is 13.6. The summed E-state index contributed by atoms with van der Waals surface area (Å²) < 4.78 is 40.8. The highest BCUT2D eigenvalue weighted by Crippen LogP contribution is 2.32. The van der Waals surface area contributed by atoms with Gasteiger partial charge < -0.3 is 26.4 Å². The molecule has 5 N–H and O–H groups in total. The van der Waals surface area contributed by atoms with Gasteiger partial charge in [0, 0.05) is 54.8 Å². The van der Waals surface area contributed by atoms with E-state index in [0.717, 1.165) is 29.1 Å². The second-order valence-corrected chi connectivity index (χ2v) is 9.92. The maximum Gasteiger partial charge on any atom is 0.416 e. The number of hydrogen-bond acceptors (Lipinski definition) is 9. The van der Waals surface area contributed by atoms with Crippen LogP contribution < -0.4 is 26.3 Å². The molecule has 0 radical (unpaired) electrons. The van der Waals surface area contributed by atoms with Crippen molar-refractivity contribution in [2.75, 3.05) is 34.6 Å². The molecule has 0 spiro atoms. The van der Waals surface area contributed by atoms with E-state index in [1.165, 1.54) is 12.4 Å². The third kappa shape index (κ3) is 7.50. The summed E-state index contributed by atoms with van der Waals surface area (Å²) in [6, 6.07) is 9.94. The summed E-state index contributed by atoms with van der Waals surface area (Å²) in [5.41, 5.74) is 2.16. The van der Waals surface area contributed by atoms with Crippen molar-refractivity contribution in [3.05, 3.63) is 71.0 Å². The largest absolute Gasteiger partial charge is 0.416 e. The minimum Gasteiger partial charge on any atom is -0.395 e. The van der Waals surface area contributed by atoms with Crippen LogP contribution in [0.1, 0.15) is 47.3 Å². The van der Waals surface area contributed by atoms with Gasteiger partial charge in [0.2, 0.25) is 0 Å². The van der Waals surface area contributed by atoms with E-state index in [-0.39, 0.29) is 36.5 Å². The molecule has 0 saturated carbocycles. The number of halogens is 3. The highest BCUT2D eigenvalue weighted by atomic mass is 19.4. The van der Waals surface area contributed by atoms with Gasteiger partial charge >= 0.3 is 6.18 Å². The molecule has 0 saturated heterocycles. The number of hydrogen-bond donors (Lipinski definition) is 5. The molecule has 2 aromatic carbocycles. The molecule has 0 aliphatic carbocycles. The Kier molecular flexibility index (Phi) is 9.08. The van der Waals surface area contributed by atoms with E-state index < -0.39 is 17.6 Å². The van der Waals surface area contributed by atoms with Crippen LogP contribution in [0, 0.1) is 6.92 Å². The van der Waals surface area contributed by atoms with E-state index in [4.69, 9.17) is 0 Å². The summed E-state index contributed by atoms with van der Waals surface area (Å²) in [6.45, 7) is 5.42. The second-order valence-electron chi connectivity index (χ2n) is 9.92. The standard InChI is InChI=1S/C28H33F3N8O2/c1-16-5-6-22(11-23(16)37-26-7-17(2)38-39(26)25-12-24(32-4)34-15-35-25)36-27(41)20-8-19(13-33-18(3)14-40)9-21(10-20)28(29,30)31/h5-6,8-12,15,18,26,33,37,40H,7,13-14H2,1-4H3,(H,36,41)(H,32,34,35)/t18-,26?/m0/s1. The zero-order chi connectivity index (χ0) is 29.7. The van der Waals surface area contributed by atoms with E-state index >= 15 is 0 Å². The van der Waals surface area contributed by atoms with Crippen molar-refractivity contribution in [1.82, 2.24) is 15.3 Å². The summed E-state index contributed by atoms with van der Waals surface area (Å²) in [4.78, 5) is 21.6. The van der Waals surface area contributed by atoms with Crippen LogP contribution >= 0.6 is 0 Å². The molecule has 10 nitrogen and oxygen atoms in total. The normalized spacial score (nSPS) is 15.9. The quantitative estimate of drug-likeness (QED) is 0.240. The second kappa shape index (κ2) is 12.5. The summed E-state index contributed by atoms with van der Waals surface area (Å²) >= 11 is 0. The number of amides is 1. The fraction of sp³-hybridized carbons (Fsp3) is 0.357. The number of hydrazone groups is 1. The predicted molar refractivity (Wildman–Crippen MR) is 153 cm³/mol. The molecule has 0 bridgehead atoms. The predicted octanol–water partition coefficient (Wildman–Crippen LogP) is 4.59. The lowest BCUT2D eigenvalue weighted by atomic mass is 10.0. The van der Waals surface area contributed by atoms with Crippen LogP contribution in [0.3, 0.4) is 0 Å². The lowest BCUT2D eigenvalue weighted by molar-refractivity contribution is -0.137. The van der Waals surface area contributed by atoms with Gasteiger partial charge in [-0.15, -0.1) is 0 Å². The van der Waals surface area contributed by atoms with Gasteiger partial charge in [-0.1, -0.05) is 6.07 Å². The van der Waals surface area contributed by atoms with Crippen LogP contribution in [-0.4, -0.2) is 52.6 Å². The Hall–Kier alpha value is -4.23. The Labute approximate surface area is 236 Å². The van der Waals surface area contributed by atoms with Gasteiger partial charge in [-0.25, -0.2) is 15.0 Å². The first-order valence-electron chi connectivity index (χ1n) is 13.0. The number of nitrogens with zero attached hydrogens (tertiary/aromatic N) is 4. The van der Waals surface area contributed by atoms with Gasteiger partial charge in [0.25, 0.3) is 5.91 Å².